The van der Waals surface area contributed by atoms with Gasteiger partial charge in [-0.1, -0.05) is 53.4 Å². The number of unbranched alkanes of at least 4 members (excludes halogenated alkanes) is 1. The van der Waals surface area contributed by atoms with Gasteiger partial charge in [-0.3, -0.25) is 0 Å². The molecule has 0 bridgehead atoms. The summed E-state index contributed by atoms with van der Waals surface area (Å²) in [5.41, 5.74) is 0. The standard InChI is InChI=1S/C14H29O/c1-5-6-11-15-12-10-14(4)9-7-8-13(2)3/h13-14H,1,5-12H2,2-4H3. The highest BCUT2D eigenvalue weighted by atomic mass is 16.5. The molecule has 0 aromatic carbocycles. The first kappa shape index (κ1) is 15.0. The Morgan fingerprint density at radius 3 is 2.27 bits per heavy atom. The zero-order valence-corrected chi connectivity index (χ0v) is 10.9. The SMILES string of the molecule is [CH2]CCCOCCC(C)CCCC(C)C. The van der Waals surface area contributed by atoms with Crippen molar-refractivity contribution in [1.82, 2.24) is 0 Å². The van der Waals surface area contributed by atoms with Crippen LogP contribution >= 0.6 is 0 Å². The molecule has 0 amide bonds. The van der Waals surface area contributed by atoms with Crippen molar-refractivity contribution in [1.29, 1.82) is 0 Å². The van der Waals surface area contributed by atoms with Crippen LogP contribution in [-0.4, -0.2) is 13.2 Å². The Kier molecular flexibility index (Phi) is 10.4. The van der Waals surface area contributed by atoms with Crippen LogP contribution in [0.15, 0.2) is 0 Å². The molecule has 0 saturated carbocycles. The third kappa shape index (κ3) is 11.9. The van der Waals surface area contributed by atoms with E-state index in [-0.39, 0.29) is 0 Å². The maximum absolute atomic E-state index is 5.53. The van der Waals surface area contributed by atoms with Gasteiger partial charge in [0.15, 0.2) is 0 Å². The lowest BCUT2D eigenvalue weighted by Crippen LogP contribution is -2.03. The van der Waals surface area contributed by atoms with Crippen molar-refractivity contribution < 1.29 is 4.74 Å². The van der Waals surface area contributed by atoms with Gasteiger partial charge in [-0.2, -0.15) is 0 Å². The first-order chi connectivity index (χ1) is 7.16. The minimum Gasteiger partial charge on any atom is -0.381 e. The fourth-order valence-corrected chi connectivity index (χ4v) is 1.61. The second-order valence-electron chi connectivity index (χ2n) is 5.04. The van der Waals surface area contributed by atoms with E-state index in [2.05, 4.69) is 27.7 Å². The molecule has 0 aromatic rings. The zero-order valence-electron chi connectivity index (χ0n) is 10.9. The van der Waals surface area contributed by atoms with Gasteiger partial charge in [-0.25, -0.2) is 0 Å². The lowest BCUT2D eigenvalue weighted by atomic mass is 9.98. The summed E-state index contributed by atoms with van der Waals surface area (Å²) in [5, 5.41) is 0. The molecule has 0 aliphatic heterocycles. The largest absolute Gasteiger partial charge is 0.381 e. The Hall–Kier alpha value is -0.0400. The predicted molar refractivity (Wildman–Crippen MR) is 67.9 cm³/mol. The monoisotopic (exact) mass is 213 g/mol. The summed E-state index contributed by atoms with van der Waals surface area (Å²) in [6.45, 7) is 12.6. The van der Waals surface area contributed by atoms with Gasteiger partial charge in [0, 0.05) is 13.2 Å². The normalized spacial score (nSPS) is 13.4. The van der Waals surface area contributed by atoms with Crippen LogP contribution in [0.4, 0.5) is 0 Å². The van der Waals surface area contributed by atoms with E-state index in [4.69, 9.17) is 4.74 Å². The third-order valence-electron chi connectivity index (χ3n) is 2.77. The van der Waals surface area contributed by atoms with E-state index >= 15 is 0 Å². The number of ether oxygens (including phenoxy) is 1. The minimum atomic E-state index is 0.823. The molecule has 0 aliphatic rings. The maximum Gasteiger partial charge on any atom is 0.0468 e. The van der Waals surface area contributed by atoms with Crippen LogP contribution in [-0.2, 0) is 4.74 Å². The Morgan fingerprint density at radius 2 is 1.67 bits per heavy atom. The molecule has 0 N–H and O–H groups in total. The first-order valence-electron chi connectivity index (χ1n) is 6.53. The van der Waals surface area contributed by atoms with Crippen molar-refractivity contribution in [2.24, 2.45) is 11.8 Å². The summed E-state index contributed by atoms with van der Waals surface area (Å²) in [7, 11) is 0. The topological polar surface area (TPSA) is 9.23 Å². The Bertz CT molecular complexity index is 121. The average Bonchev–Trinajstić information content (AvgIpc) is 2.17. The Morgan fingerprint density at radius 1 is 0.933 bits per heavy atom. The fourth-order valence-electron chi connectivity index (χ4n) is 1.61. The summed E-state index contributed by atoms with van der Waals surface area (Å²) in [6, 6.07) is 0. The zero-order chi connectivity index (χ0) is 11.5. The number of hydrogen-bond donors (Lipinski definition) is 0. The van der Waals surface area contributed by atoms with Gasteiger partial charge in [0.1, 0.15) is 0 Å². The molecule has 1 nitrogen and oxygen atoms in total. The molecule has 0 fully saturated rings. The van der Waals surface area contributed by atoms with Gasteiger partial charge in [-0.15, -0.1) is 0 Å². The van der Waals surface area contributed by atoms with E-state index in [1.165, 1.54) is 25.7 Å². The second kappa shape index (κ2) is 10.5. The molecule has 0 spiro atoms. The van der Waals surface area contributed by atoms with Crippen LogP contribution in [0.5, 0.6) is 0 Å². The van der Waals surface area contributed by atoms with Crippen LogP contribution in [0.3, 0.4) is 0 Å². The summed E-state index contributed by atoms with van der Waals surface area (Å²) in [6.07, 6.45) is 7.40. The van der Waals surface area contributed by atoms with Crippen LogP contribution in [0.1, 0.15) is 59.3 Å². The average molecular weight is 213 g/mol. The predicted octanol–water partition coefficient (Wildman–Crippen LogP) is 4.47. The molecule has 0 aliphatic carbocycles. The second-order valence-corrected chi connectivity index (χ2v) is 5.04. The van der Waals surface area contributed by atoms with Gasteiger partial charge >= 0.3 is 0 Å². The van der Waals surface area contributed by atoms with Crippen molar-refractivity contribution in [3.05, 3.63) is 6.92 Å². The van der Waals surface area contributed by atoms with E-state index < -0.39 is 0 Å². The van der Waals surface area contributed by atoms with E-state index in [1.54, 1.807) is 0 Å². The summed E-state index contributed by atoms with van der Waals surface area (Å²) < 4.78 is 5.53. The van der Waals surface area contributed by atoms with E-state index in [0.29, 0.717) is 0 Å². The van der Waals surface area contributed by atoms with Crippen LogP contribution in [0.2, 0.25) is 0 Å². The molecular formula is C14H29O. The maximum atomic E-state index is 5.53. The van der Waals surface area contributed by atoms with Gasteiger partial charge in [-0.05, 0) is 24.7 Å². The van der Waals surface area contributed by atoms with Crippen LogP contribution in [0.25, 0.3) is 0 Å². The number of rotatable bonds is 10. The van der Waals surface area contributed by atoms with Gasteiger partial charge < -0.3 is 4.74 Å². The van der Waals surface area contributed by atoms with E-state index in [9.17, 15) is 0 Å². The molecule has 1 atom stereocenters. The highest BCUT2D eigenvalue weighted by Crippen LogP contribution is 2.15. The molecule has 1 unspecified atom stereocenters. The van der Waals surface area contributed by atoms with Crippen molar-refractivity contribution >= 4 is 0 Å². The molecule has 0 rings (SSSR count). The highest BCUT2D eigenvalue weighted by Gasteiger charge is 2.02. The van der Waals surface area contributed by atoms with Crippen LogP contribution in [0, 0.1) is 18.8 Å². The van der Waals surface area contributed by atoms with Crippen molar-refractivity contribution in [2.75, 3.05) is 13.2 Å². The molecule has 0 aromatic heterocycles. The molecular weight excluding hydrogens is 184 g/mol. The van der Waals surface area contributed by atoms with Crippen molar-refractivity contribution in [3.63, 3.8) is 0 Å². The summed E-state index contributed by atoms with van der Waals surface area (Å²) in [5.74, 6) is 1.68. The summed E-state index contributed by atoms with van der Waals surface area (Å²) in [4.78, 5) is 0. The molecule has 15 heavy (non-hydrogen) atoms. The van der Waals surface area contributed by atoms with Crippen molar-refractivity contribution in [2.45, 2.75) is 59.3 Å². The van der Waals surface area contributed by atoms with Gasteiger partial charge in [0.25, 0.3) is 0 Å². The Balaban J connectivity index is 3.15. The minimum absolute atomic E-state index is 0.823. The summed E-state index contributed by atoms with van der Waals surface area (Å²) >= 11 is 0. The first-order valence-corrected chi connectivity index (χ1v) is 6.53. The quantitative estimate of drug-likeness (QED) is 0.486. The lowest BCUT2D eigenvalue weighted by Gasteiger charge is -2.12. The van der Waals surface area contributed by atoms with E-state index in [1.807, 2.05) is 0 Å². The molecule has 0 heterocycles. The number of hydrogen-bond acceptors (Lipinski definition) is 1. The molecule has 91 valence electrons. The van der Waals surface area contributed by atoms with Crippen molar-refractivity contribution in [3.8, 4) is 0 Å². The molecule has 1 radical (unpaired) electrons. The smallest absolute Gasteiger partial charge is 0.0468 e. The Labute approximate surface area is 96.6 Å². The lowest BCUT2D eigenvalue weighted by molar-refractivity contribution is 0.118. The van der Waals surface area contributed by atoms with Gasteiger partial charge in [0.2, 0.25) is 0 Å². The molecule has 1 heteroatoms. The third-order valence-corrected chi connectivity index (χ3v) is 2.77. The van der Waals surface area contributed by atoms with Gasteiger partial charge in [0.05, 0.1) is 0 Å². The highest BCUT2D eigenvalue weighted by molar-refractivity contribution is 4.55. The van der Waals surface area contributed by atoms with Crippen LogP contribution < -0.4 is 0 Å². The molecule has 0 saturated heterocycles. The fraction of sp³-hybridized carbons (Fsp3) is 0.929. The van der Waals surface area contributed by atoms with E-state index in [0.717, 1.165) is 37.9 Å².